The van der Waals surface area contributed by atoms with Crippen molar-refractivity contribution < 1.29 is 0 Å². The van der Waals surface area contributed by atoms with Gasteiger partial charge in [-0.25, -0.2) is 4.98 Å². The van der Waals surface area contributed by atoms with Crippen LogP contribution in [0.15, 0.2) is 85.1 Å². The van der Waals surface area contributed by atoms with Crippen LogP contribution in [0, 0.1) is 0 Å². The van der Waals surface area contributed by atoms with E-state index in [9.17, 15) is 0 Å². The summed E-state index contributed by atoms with van der Waals surface area (Å²) in [7, 11) is 0. The van der Waals surface area contributed by atoms with Crippen molar-refractivity contribution in [3.63, 3.8) is 0 Å². The highest BCUT2D eigenvalue weighted by Gasteiger charge is 2.22. The fourth-order valence-corrected chi connectivity index (χ4v) is 6.13. The number of nitrogens with zero attached hydrogens (tertiary/aromatic N) is 2. The normalized spacial score (nSPS) is 12.5. The van der Waals surface area contributed by atoms with Crippen LogP contribution in [-0.2, 0) is 0 Å². The molecule has 2 heteroatoms. The van der Waals surface area contributed by atoms with Gasteiger partial charge in [-0.15, -0.1) is 0 Å². The van der Waals surface area contributed by atoms with Gasteiger partial charge < -0.3 is 0 Å². The molecular formula is C33H28N2. The lowest BCUT2D eigenvalue weighted by Crippen LogP contribution is -2.03. The van der Waals surface area contributed by atoms with E-state index in [4.69, 9.17) is 4.98 Å². The van der Waals surface area contributed by atoms with Crippen molar-refractivity contribution in [1.82, 2.24) is 9.38 Å². The molecule has 0 saturated carbocycles. The highest BCUT2D eigenvalue weighted by atomic mass is 15.0. The van der Waals surface area contributed by atoms with Gasteiger partial charge in [0.2, 0.25) is 0 Å². The van der Waals surface area contributed by atoms with Gasteiger partial charge in [0.05, 0.1) is 17.4 Å². The van der Waals surface area contributed by atoms with E-state index in [1.807, 2.05) is 0 Å². The molecule has 0 amide bonds. The Balaban J connectivity index is 1.77. The Kier molecular flexibility index (Phi) is 4.26. The lowest BCUT2D eigenvalue weighted by molar-refractivity contribution is 0.836. The van der Waals surface area contributed by atoms with E-state index in [0.717, 1.165) is 5.65 Å². The molecule has 2 nitrogen and oxygen atoms in total. The van der Waals surface area contributed by atoms with Crippen LogP contribution in [0.4, 0.5) is 0 Å². The number of imidazole rings is 1. The van der Waals surface area contributed by atoms with Gasteiger partial charge in [0.15, 0.2) is 0 Å². The first-order chi connectivity index (χ1) is 17.0. The molecule has 0 bridgehead atoms. The number of hydrogen-bond donors (Lipinski definition) is 0. The highest BCUT2D eigenvalue weighted by molar-refractivity contribution is 6.30. The average Bonchev–Trinajstić information content (AvgIpc) is 3.32. The summed E-state index contributed by atoms with van der Waals surface area (Å²) >= 11 is 0. The number of rotatable bonds is 3. The molecule has 0 atom stereocenters. The Morgan fingerprint density at radius 1 is 0.629 bits per heavy atom. The van der Waals surface area contributed by atoms with Crippen molar-refractivity contribution in [1.29, 1.82) is 0 Å². The zero-order chi connectivity index (χ0) is 23.8. The average molecular weight is 453 g/mol. The molecule has 7 aromatic rings. The van der Waals surface area contributed by atoms with E-state index < -0.39 is 0 Å². The molecule has 0 aliphatic heterocycles. The summed E-state index contributed by atoms with van der Waals surface area (Å²) in [6, 6.07) is 29.1. The Bertz CT molecular complexity index is 1880. The van der Waals surface area contributed by atoms with Gasteiger partial charge in [-0.05, 0) is 50.6 Å². The molecule has 0 radical (unpaired) electrons. The second kappa shape index (κ2) is 7.29. The van der Waals surface area contributed by atoms with Crippen molar-refractivity contribution in [2.24, 2.45) is 0 Å². The van der Waals surface area contributed by atoms with Crippen molar-refractivity contribution in [3.05, 3.63) is 96.2 Å². The first-order valence-corrected chi connectivity index (χ1v) is 12.6. The molecule has 35 heavy (non-hydrogen) atoms. The van der Waals surface area contributed by atoms with Gasteiger partial charge in [0.25, 0.3) is 0 Å². The van der Waals surface area contributed by atoms with Gasteiger partial charge in [-0.2, -0.15) is 0 Å². The van der Waals surface area contributed by atoms with Gasteiger partial charge in [-0.1, -0.05) is 100 Å². The van der Waals surface area contributed by atoms with Crippen molar-refractivity contribution in [2.75, 3.05) is 0 Å². The third-order valence-electron chi connectivity index (χ3n) is 7.72. The summed E-state index contributed by atoms with van der Waals surface area (Å²) in [4.78, 5) is 5.09. The molecule has 0 saturated heterocycles. The van der Waals surface area contributed by atoms with Crippen molar-refractivity contribution in [3.8, 4) is 11.3 Å². The maximum absolute atomic E-state index is 5.09. The lowest BCUT2D eigenvalue weighted by atomic mass is 9.87. The standard InChI is InChI=1S/C33H28N2/c1-19(2)23-12-8-13-24(20(3)4)31(23)29-18-34-33-27-14-7-10-21-15-16-26-25-11-6-5-9-22(25)17-28(35(29)33)32(26)30(21)27/h5-20H,1-4H3. The molecule has 0 aliphatic rings. The molecule has 2 aromatic heterocycles. The zero-order valence-corrected chi connectivity index (χ0v) is 20.6. The van der Waals surface area contributed by atoms with E-state index in [-0.39, 0.29) is 0 Å². The highest BCUT2D eigenvalue weighted by Crippen LogP contribution is 2.43. The van der Waals surface area contributed by atoms with Crippen molar-refractivity contribution in [2.45, 2.75) is 39.5 Å². The van der Waals surface area contributed by atoms with Gasteiger partial charge in [0, 0.05) is 21.7 Å². The minimum Gasteiger partial charge on any atom is -0.292 e. The number of fused-ring (bicyclic) bond motifs is 5. The van der Waals surface area contributed by atoms with E-state index in [1.165, 1.54) is 65.6 Å². The first-order valence-electron chi connectivity index (χ1n) is 12.6. The smallest absolute Gasteiger partial charge is 0.145 e. The Morgan fingerprint density at radius 3 is 2.09 bits per heavy atom. The Labute approximate surface area is 205 Å². The van der Waals surface area contributed by atoms with Crippen LogP contribution in [0.3, 0.4) is 0 Å². The summed E-state index contributed by atoms with van der Waals surface area (Å²) < 4.78 is 2.43. The van der Waals surface area contributed by atoms with Crippen molar-refractivity contribution >= 4 is 48.9 Å². The van der Waals surface area contributed by atoms with Gasteiger partial charge >= 0.3 is 0 Å². The summed E-state index contributed by atoms with van der Waals surface area (Å²) in [6.07, 6.45) is 2.11. The van der Waals surface area contributed by atoms with Crippen LogP contribution >= 0.6 is 0 Å². The first kappa shape index (κ1) is 20.5. The summed E-state index contributed by atoms with van der Waals surface area (Å²) in [6.45, 7) is 9.17. The van der Waals surface area contributed by atoms with E-state index in [0.29, 0.717) is 11.8 Å². The second-order valence-corrected chi connectivity index (χ2v) is 10.4. The van der Waals surface area contributed by atoms with E-state index in [1.54, 1.807) is 0 Å². The molecule has 2 heterocycles. The number of pyridine rings is 1. The number of hydrogen-bond acceptors (Lipinski definition) is 1. The predicted molar refractivity (Wildman–Crippen MR) is 150 cm³/mol. The summed E-state index contributed by atoms with van der Waals surface area (Å²) in [5.41, 5.74) is 7.56. The fraction of sp³-hybridized carbons (Fsp3) is 0.182. The van der Waals surface area contributed by atoms with Crippen LogP contribution in [0.25, 0.3) is 60.1 Å². The molecule has 0 fully saturated rings. The quantitative estimate of drug-likeness (QED) is 0.193. The Morgan fingerprint density at radius 2 is 1.31 bits per heavy atom. The van der Waals surface area contributed by atoms with Crippen LogP contribution in [-0.4, -0.2) is 9.38 Å². The van der Waals surface area contributed by atoms with E-state index >= 15 is 0 Å². The maximum Gasteiger partial charge on any atom is 0.145 e. The third-order valence-corrected chi connectivity index (χ3v) is 7.72. The molecule has 7 rings (SSSR count). The Hall–Kier alpha value is -3.91. The molecular weight excluding hydrogens is 424 g/mol. The van der Waals surface area contributed by atoms with Gasteiger partial charge in [0.1, 0.15) is 5.65 Å². The SMILES string of the molecule is CC(C)c1cccc(C(C)C)c1-c1cnc2c3cccc4ccc5c6ccccc6cc(c5c43)n12. The summed E-state index contributed by atoms with van der Waals surface area (Å²) in [5, 5.41) is 9.01. The minimum absolute atomic E-state index is 0.422. The maximum atomic E-state index is 5.09. The van der Waals surface area contributed by atoms with Crippen LogP contribution < -0.4 is 0 Å². The predicted octanol–water partition coefficient (Wildman–Crippen LogP) is 9.30. The van der Waals surface area contributed by atoms with Crippen LogP contribution in [0.2, 0.25) is 0 Å². The monoisotopic (exact) mass is 452 g/mol. The minimum atomic E-state index is 0.422. The van der Waals surface area contributed by atoms with Crippen LogP contribution in [0.5, 0.6) is 0 Å². The summed E-state index contributed by atoms with van der Waals surface area (Å²) in [5.74, 6) is 0.844. The number of benzene rings is 5. The zero-order valence-electron chi connectivity index (χ0n) is 20.6. The number of aromatic nitrogens is 2. The second-order valence-electron chi connectivity index (χ2n) is 10.4. The molecule has 5 aromatic carbocycles. The molecule has 0 N–H and O–H groups in total. The van der Waals surface area contributed by atoms with Crippen LogP contribution in [0.1, 0.15) is 50.7 Å². The lowest BCUT2D eigenvalue weighted by Gasteiger charge is -2.21. The molecule has 170 valence electrons. The third kappa shape index (κ3) is 2.74. The largest absolute Gasteiger partial charge is 0.292 e. The van der Waals surface area contributed by atoms with Gasteiger partial charge in [-0.3, -0.25) is 4.40 Å². The molecule has 0 spiro atoms. The topological polar surface area (TPSA) is 17.3 Å². The molecule has 0 unspecified atom stereocenters. The molecule has 0 aliphatic carbocycles. The van der Waals surface area contributed by atoms with E-state index in [2.05, 4.69) is 117 Å². The fourth-order valence-electron chi connectivity index (χ4n) is 6.13.